The van der Waals surface area contributed by atoms with Gasteiger partial charge in [-0.1, -0.05) is 38.1 Å². The van der Waals surface area contributed by atoms with Gasteiger partial charge in [0.25, 0.3) is 5.91 Å². The van der Waals surface area contributed by atoms with Gasteiger partial charge in [-0.2, -0.15) is 13.2 Å². The number of fused-ring (bicyclic) bond motifs is 4. The summed E-state index contributed by atoms with van der Waals surface area (Å²) in [6.45, 7) is 3.86. The number of carbonyl (C=O) groups is 2. The third-order valence-electron chi connectivity index (χ3n) is 5.27. The summed E-state index contributed by atoms with van der Waals surface area (Å²) >= 11 is 0. The zero-order valence-electron chi connectivity index (χ0n) is 14.1. The van der Waals surface area contributed by atoms with Crippen molar-refractivity contribution in [1.82, 2.24) is 10.3 Å². The number of hydrogen-bond donors (Lipinski definition) is 1. The van der Waals surface area contributed by atoms with E-state index in [1.807, 2.05) is 26.0 Å². The minimum atomic E-state index is -4.67. The number of halogens is 3. The summed E-state index contributed by atoms with van der Waals surface area (Å²) in [5.74, 6) is -1.35. The molecule has 0 saturated carbocycles. The lowest BCUT2D eigenvalue weighted by molar-refractivity contribution is -0.141. The number of alkyl halides is 3. The Labute approximate surface area is 147 Å². The molecule has 2 aliphatic rings. The second-order valence-corrected chi connectivity index (χ2v) is 7.39. The molecule has 2 amide bonds. The van der Waals surface area contributed by atoms with Gasteiger partial charge in [0.2, 0.25) is 5.91 Å². The van der Waals surface area contributed by atoms with Gasteiger partial charge in [-0.3, -0.25) is 14.9 Å². The molecular weight excluding hydrogens is 345 g/mol. The molecule has 26 heavy (non-hydrogen) atoms. The molecule has 1 aromatic heterocycles. The van der Waals surface area contributed by atoms with E-state index in [0.29, 0.717) is 5.56 Å². The smallest absolute Gasteiger partial charge is 0.291 e. The van der Waals surface area contributed by atoms with E-state index in [1.165, 1.54) is 0 Å². The SMILES string of the molecule is CC1(C)CC2(C(=O)NC(=O)c3ccc(C(F)(F)F)nc32)c2ccccc21. The molecular formula is C19H15F3N2O2. The summed E-state index contributed by atoms with van der Waals surface area (Å²) in [7, 11) is 0. The fourth-order valence-corrected chi connectivity index (χ4v) is 4.22. The number of rotatable bonds is 0. The minimum absolute atomic E-state index is 0.00473. The molecule has 2 aromatic rings. The van der Waals surface area contributed by atoms with E-state index in [2.05, 4.69) is 10.3 Å². The van der Waals surface area contributed by atoms with Gasteiger partial charge in [0, 0.05) is 0 Å². The van der Waals surface area contributed by atoms with Crippen molar-refractivity contribution in [2.75, 3.05) is 0 Å². The predicted octanol–water partition coefficient (Wildman–Crippen LogP) is 3.34. The quantitative estimate of drug-likeness (QED) is 0.733. The van der Waals surface area contributed by atoms with Crippen LogP contribution in [0, 0.1) is 0 Å². The summed E-state index contributed by atoms with van der Waals surface area (Å²) in [6.07, 6.45) is -4.43. The molecule has 4 rings (SSSR count). The lowest BCUT2D eigenvalue weighted by Crippen LogP contribution is -2.53. The molecule has 0 saturated heterocycles. The first-order chi connectivity index (χ1) is 12.1. The van der Waals surface area contributed by atoms with Gasteiger partial charge in [-0.25, -0.2) is 4.98 Å². The summed E-state index contributed by atoms with van der Waals surface area (Å²) in [6, 6.07) is 9.02. The van der Waals surface area contributed by atoms with Crippen LogP contribution in [-0.2, 0) is 21.8 Å². The molecule has 134 valence electrons. The van der Waals surface area contributed by atoms with E-state index in [4.69, 9.17) is 0 Å². The first-order valence-corrected chi connectivity index (χ1v) is 8.12. The highest BCUT2D eigenvalue weighted by Crippen LogP contribution is 2.54. The Bertz CT molecular complexity index is 965. The van der Waals surface area contributed by atoms with Crippen LogP contribution >= 0.6 is 0 Å². The largest absolute Gasteiger partial charge is 0.433 e. The molecule has 4 nitrogen and oxygen atoms in total. The van der Waals surface area contributed by atoms with Crippen molar-refractivity contribution in [3.05, 3.63) is 64.5 Å². The van der Waals surface area contributed by atoms with Crippen molar-refractivity contribution in [2.24, 2.45) is 0 Å². The topological polar surface area (TPSA) is 59.1 Å². The number of nitrogens with one attached hydrogen (secondary N) is 1. The second kappa shape index (κ2) is 4.93. The van der Waals surface area contributed by atoms with Gasteiger partial charge in [-0.05, 0) is 35.1 Å². The predicted molar refractivity (Wildman–Crippen MR) is 86.6 cm³/mol. The first-order valence-electron chi connectivity index (χ1n) is 8.12. The van der Waals surface area contributed by atoms with Crippen LogP contribution in [0.1, 0.15) is 53.1 Å². The third-order valence-corrected chi connectivity index (χ3v) is 5.27. The molecule has 1 aliphatic heterocycles. The molecule has 1 aromatic carbocycles. The minimum Gasteiger partial charge on any atom is -0.291 e. The number of amides is 2. The maximum absolute atomic E-state index is 13.2. The van der Waals surface area contributed by atoms with Crippen molar-refractivity contribution < 1.29 is 22.8 Å². The van der Waals surface area contributed by atoms with Crippen molar-refractivity contribution in [3.63, 3.8) is 0 Å². The fourth-order valence-electron chi connectivity index (χ4n) is 4.22. The van der Waals surface area contributed by atoms with Gasteiger partial charge in [0.05, 0.1) is 11.3 Å². The van der Waals surface area contributed by atoms with Crippen LogP contribution in [0.25, 0.3) is 0 Å². The van der Waals surface area contributed by atoms with Crippen LogP contribution in [-0.4, -0.2) is 16.8 Å². The Balaban J connectivity index is 2.07. The first kappa shape index (κ1) is 16.8. The Morgan fingerprint density at radius 1 is 1.04 bits per heavy atom. The van der Waals surface area contributed by atoms with Gasteiger partial charge < -0.3 is 0 Å². The zero-order valence-corrected chi connectivity index (χ0v) is 14.1. The van der Waals surface area contributed by atoms with Gasteiger partial charge in [0.1, 0.15) is 11.1 Å². The van der Waals surface area contributed by atoms with Gasteiger partial charge >= 0.3 is 6.18 Å². The van der Waals surface area contributed by atoms with E-state index in [1.54, 1.807) is 12.1 Å². The molecule has 0 fully saturated rings. The standard InChI is InChI=1S/C19H15F3N2O2/c1-17(2)9-18(12-6-4-3-5-11(12)17)14-10(15(25)24-16(18)26)7-8-13(23-14)19(20,21)22/h3-8H,9H2,1-2H3,(H,24,25,26). The van der Waals surface area contributed by atoms with E-state index >= 15 is 0 Å². The number of imide groups is 1. The lowest BCUT2D eigenvalue weighted by atomic mass is 9.71. The third kappa shape index (κ3) is 2.06. The van der Waals surface area contributed by atoms with Crippen molar-refractivity contribution in [2.45, 2.75) is 37.3 Å². The van der Waals surface area contributed by atoms with Crippen molar-refractivity contribution >= 4 is 11.8 Å². The van der Waals surface area contributed by atoms with Crippen LogP contribution in [0.3, 0.4) is 0 Å². The fraction of sp³-hybridized carbons (Fsp3) is 0.316. The highest BCUT2D eigenvalue weighted by atomic mass is 19.4. The normalized spacial score (nSPS) is 23.6. The molecule has 7 heteroatoms. The molecule has 1 spiro atoms. The van der Waals surface area contributed by atoms with E-state index in [-0.39, 0.29) is 17.7 Å². The Kier molecular flexibility index (Phi) is 3.18. The molecule has 0 radical (unpaired) electrons. The van der Waals surface area contributed by atoms with Crippen LogP contribution in [0.5, 0.6) is 0 Å². The average molecular weight is 360 g/mol. The number of pyridine rings is 1. The molecule has 1 atom stereocenters. The number of nitrogens with zero attached hydrogens (tertiary/aromatic N) is 1. The zero-order chi connectivity index (χ0) is 18.9. The highest BCUT2D eigenvalue weighted by Gasteiger charge is 2.58. The molecule has 0 bridgehead atoms. The van der Waals surface area contributed by atoms with E-state index < -0.39 is 34.5 Å². The second-order valence-electron chi connectivity index (χ2n) is 7.39. The van der Waals surface area contributed by atoms with Crippen molar-refractivity contribution in [1.29, 1.82) is 0 Å². The maximum atomic E-state index is 13.2. The number of aromatic nitrogens is 1. The number of carbonyl (C=O) groups excluding carboxylic acids is 2. The monoisotopic (exact) mass is 360 g/mol. The average Bonchev–Trinajstić information content (AvgIpc) is 2.81. The van der Waals surface area contributed by atoms with Crippen LogP contribution in [0.15, 0.2) is 36.4 Å². The van der Waals surface area contributed by atoms with Crippen LogP contribution in [0.4, 0.5) is 13.2 Å². The lowest BCUT2D eigenvalue weighted by Gasteiger charge is -2.35. The summed E-state index contributed by atoms with van der Waals surface area (Å²) < 4.78 is 39.7. The Morgan fingerprint density at radius 3 is 2.35 bits per heavy atom. The van der Waals surface area contributed by atoms with Gasteiger partial charge in [-0.15, -0.1) is 0 Å². The highest BCUT2D eigenvalue weighted by molar-refractivity contribution is 6.14. The molecule has 1 unspecified atom stereocenters. The van der Waals surface area contributed by atoms with E-state index in [0.717, 1.165) is 17.7 Å². The van der Waals surface area contributed by atoms with E-state index in [9.17, 15) is 22.8 Å². The molecule has 1 N–H and O–H groups in total. The Morgan fingerprint density at radius 2 is 1.69 bits per heavy atom. The summed E-state index contributed by atoms with van der Waals surface area (Å²) in [4.78, 5) is 28.9. The Hall–Kier alpha value is -2.70. The number of benzene rings is 1. The maximum Gasteiger partial charge on any atom is 0.433 e. The van der Waals surface area contributed by atoms with Crippen molar-refractivity contribution in [3.8, 4) is 0 Å². The van der Waals surface area contributed by atoms with Gasteiger partial charge in [0.15, 0.2) is 0 Å². The summed E-state index contributed by atoms with van der Waals surface area (Å²) in [5.41, 5.74) is -1.62. The molecule has 2 heterocycles. The molecule has 1 aliphatic carbocycles. The summed E-state index contributed by atoms with van der Waals surface area (Å²) in [5, 5.41) is 2.31. The number of hydrogen-bond acceptors (Lipinski definition) is 3. The van der Waals surface area contributed by atoms with Crippen LogP contribution < -0.4 is 5.32 Å². The van der Waals surface area contributed by atoms with Crippen LogP contribution in [0.2, 0.25) is 0 Å².